The molecular weight excluding hydrogens is 452 g/mol. The minimum absolute atomic E-state index is 0.108. The number of fused-ring (bicyclic) bond motifs is 1. The van der Waals surface area contributed by atoms with Gasteiger partial charge in [-0.25, -0.2) is 4.79 Å². The number of hydrogen-bond acceptors (Lipinski definition) is 3. The Morgan fingerprint density at radius 1 is 0.971 bits per heavy atom. The third-order valence-electron chi connectivity index (χ3n) is 5.64. The monoisotopic (exact) mass is 479 g/mol. The Morgan fingerprint density at radius 3 is 2.31 bits per heavy atom. The van der Waals surface area contributed by atoms with Gasteiger partial charge in [0.05, 0.1) is 0 Å². The first-order chi connectivity index (χ1) is 16.8. The molecule has 4 aromatic rings. The molecule has 2 atom stereocenters. The highest BCUT2D eigenvalue weighted by Crippen LogP contribution is 2.45. The van der Waals surface area contributed by atoms with Crippen molar-refractivity contribution in [2.45, 2.75) is 33.3 Å². The molecule has 0 aliphatic carbocycles. The molecule has 4 heteroatoms. The molecule has 4 rings (SSSR count). The third kappa shape index (κ3) is 5.40. The predicted molar refractivity (Wildman–Crippen MR) is 144 cm³/mol. The SMILES string of the molecule is C#CC(C)(C#Cc1ccccc1)OC(=O)COc1c(C)cc(-[s+]2c(C)cc3ccccc32)cc1C. The number of terminal acetylenes is 1. The molecule has 0 N–H and O–H groups in total. The maximum atomic E-state index is 12.6. The average Bonchev–Trinajstić information content (AvgIpc) is 3.18. The van der Waals surface area contributed by atoms with Crippen molar-refractivity contribution in [2.24, 2.45) is 0 Å². The van der Waals surface area contributed by atoms with E-state index in [1.54, 1.807) is 6.92 Å². The minimum atomic E-state index is -1.34. The van der Waals surface area contributed by atoms with E-state index in [2.05, 4.69) is 67.1 Å². The highest BCUT2D eigenvalue weighted by molar-refractivity contribution is 7.45. The zero-order valence-electron chi connectivity index (χ0n) is 20.3. The summed E-state index contributed by atoms with van der Waals surface area (Å²) in [5.74, 6) is 8.43. The molecule has 1 aromatic heterocycles. The van der Waals surface area contributed by atoms with Crippen LogP contribution >= 0.6 is 10.5 Å². The zero-order valence-corrected chi connectivity index (χ0v) is 21.2. The Hall–Kier alpha value is -3.99. The summed E-state index contributed by atoms with van der Waals surface area (Å²) in [4.78, 5) is 15.1. The van der Waals surface area contributed by atoms with E-state index in [0.717, 1.165) is 16.7 Å². The standard InChI is InChI=1S/C31H27O3S/c1-6-31(5,17-16-25-12-8-7-9-13-25)34-29(32)21-33-30-22(2)18-27(19-23(30)3)35-24(4)20-26-14-10-11-15-28(26)35/h1,7-15,18-20H,21H2,2-5H3/q+1. The predicted octanol–water partition coefficient (Wildman–Crippen LogP) is 6.87. The van der Waals surface area contributed by atoms with Crippen molar-refractivity contribution in [2.75, 3.05) is 6.61 Å². The van der Waals surface area contributed by atoms with Gasteiger partial charge in [0.15, 0.2) is 21.1 Å². The van der Waals surface area contributed by atoms with Gasteiger partial charge in [-0.05, 0) is 68.0 Å². The van der Waals surface area contributed by atoms with E-state index in [1.165, 1.54) is 19.9 Å². The largest absolute Gasteiger partial charge is 0.481 e. The van der Waals surface area contributed by atoms with Crippen LogP contribution in [0.3, 0.4) is 0 Å². The second-order valence-corrected chi connectivity index (χ2v) is 10.7. The van der Waals surface area contributed by atoms with Gasteiger partial charge in [-0.2, -0.15) is 0 Å². The summed E-state index contributed by atoms with van der Waals surface area (Å²) in [5.41, 5.74) is 1.40. The fourth-order valence-corrected chi connectivity index (χ4v) is 6.38. The Kier molecular flexibility index (Phi) is 6.97. The van der Waals surface area contributed by atoms with Crippen LogP contribution in [-0.2, 0) is 9.53 Å². The van der Waals surface area contributed by atoms with Crippen LogP contribution in [0.15, 0.2) is 72.8 Å². The van der Waals surface area contributed by atoms with E-state index in [4.69, 9.17) is 15.9 Å². The number of carbonyl (C=O) groups is 1. The maximum Gasteiger partial charge on any atom is 0.346 e. The molecule has 0 radical (unpaired) electrons. The molecule has 0 amide bonds. The molecule has 0 spiro atoms. The quantitative estimate of drug-likeness (QED) is 0.178. The number of rotatable bonds is 5. The summed E-state index contributed by atoms with van der Waals surface area (Å²) in [7, 11) is -0.108. The van der Waals surface area contributed by atoms with Gasteiger partial charge in [-0.1, -0.05) is 36.3 Å². The Bertz CT molecular complexity index is 1470. The lowest BCUT2D eigenvalue weighted by Gasteiger charge is -2.18. The molecule has 174 valence electrons. The normalized spacial score (nSPS) is 12.7. The Labute approximate surface area is 209 Å². The van der Waals surface area contributed by atoms with E-state index >= 15 is 0 Å². The lowest BCUT2D eigenvalue weighted by Crippen LogP contribution is -2.31. The Balaban J connectivity index is 1.49. The van der Waals surface area contributed by atoms with Crippen LogP contribution in [-0.4, -0.2) is 18.2 Å². The second-order valence-electron chi connectivity index (χ2n) is 8.54. The number of thiophene rings is 1. The van der Waals surface area contributed by atoms with Gasteiger partial charge in [-0.3, -0.25) is 0 Å². The van der Waals surface area contributed by atoms with Gasteiger partial charge in [0, 0.05) is 46.5 Å². The van der Waals surface area contributed by atoms with Gasteiger partial charge in [0.2, 0.25) is 5.60 Å². The number of aryl methyl sites for hydroxylation is 3. The van der Waals surface area contributed by atoms with Gasteiger partial charge >= 0.3 is 5.97 Å². The number of hydrogen-bond donors (Lipinski definition) is 0. The fraction of sp³-hybridized carbons (Fsp3) is 0.194. The third-order valence-corrected chi connectivity index (χ3v) is 7.92. The topological polar surface area (TPSA) is 35.5 Å². The lowest BCUT2D eigenvalue weighted by molar-refractivity contribution is -0.151. The van der Waals surface area contributed by atoms with Crippen molar-refractivity contribution in [3.8, 4) is 34.8 Å². The van der Waals surface area contributed by atoms with Crippen LogP contribution in [0.1, 0.15) is 28.5 Å². The highest BCUT2D eigenvalue weighted by atomic mass is 32.2. The van der Waals surface area contributed by atoms with E-state index in [1.807, 2.05) is 44.2 Å². The molecule has 0 saturated heterocycles. The van der Waals surface area contributed by atoms with Gasteiger partial charge in [-0.15, -0.1) is 6.42 Å². The van der Waals surface area contributed by atoms with Crippen molar-refractivity contribution >= 4 is 26.5 Å². The number of benzene rings is 3. The van der Waals surface area contributed by atoms with Crippen molar-refractivity contribution in [1.82, 2.24) is 0 Å². The molecule has 3 nitrogen and oxygen atoms in total. The van der Waals surface area contributed by atoms with Crippen LogP contribution in [0.4, 0.5) is 0 Å². The van der Waals surface area contributed by atoms with Crippen LogP contribution in [0, 0.1) is 45.0 Å². The molecule has 0 saturated carbocycles. The summed E-state index contributed by atoms with van der Waals surface area (Å²) in [5, 5.41) is 1.28. The number of ether oxygens (including phenoxy) is 2. The minimum Gasteiger partial charge on any atom is -0.481 e. The molecule has 2 unspecified atom stereocenters. The Morgan fingerprint density at radius 2 is 1.63 bits per heavy atom. The van der Waals surface area contributed by atoms with Gasteiger partial charge in [0.1, 0.15) is 5.75 Å². The van der Waals surface area contributed by atoms with Crippen molar-refractivity contribution in [3.05, 3.63) is 94.4 Å². The molecule has 3 aromatic carbocycles. The molecule has 0 fully saturated rings. The van der Waals surface area contributed by atoms with Crippen molar-refractivity contribution < 1.29 is 14.3 Å². The van der Waals surface area contributed by atoms with Crippen molar-refractivity contribution in [1.29, 1.82) is 0 Å². The van der Waals surface area contributed by atoms with E-state index in [-0.39, 0.29) is 17.1 Å². The molecule has 0 bridgehead atoms. The molecule has 1 heterocycles. The first-order valence-electron chi connectivity index (χ1n) is 11.3. The second kappa shape index (κ2) is 10.1. The summed E-state index contributed by atoms with van der Waals surface area (Å²) in [6.07, 6.45) is 5.62. The summed E-state index contributed by atoms with van der Waals surface area (Å²) >= 11 is 0. The average molecular weight is 480 g/mol. The zero-order chi connectivity index (χ0) is 25.0. The van der Waals surface area contributed by atoms with E-state index in [0.29, 0.717) is 5.75 Å². The van der Waals surface area contributed by atoms with Crippen LogP contribution in [0.5, 0.6) is 5.75 Å². The number of carbonyl (C=O) groups excluding carboxylic acids is 1. The molecule has 0 aliphatic heterocycles. The van der Waals surface area contributed by atoms with Gasteiger partial charge in [0.25, 0.3) is 0 Å². The number of esters is 1. The van der Waals surface area contributed by atoms with E-state index in [9.17, 15) is 4.79 Å². The highest BCUT2D eigenvalue weighted by Gasteiger charge is 2.25. The lowest BCUT2D eigenvalue weighted by atomic mass is 10.1. The van der Waals surface area contributed by atoms with Crippen molar-refractivity contribution in [3.63, 3.8) is 0 Å². The smallest absolute Gasteiger partial charge is 0.346 e. The molecule has 35 heavy (non-hydrogen) atoms. The first-order valence-corrected chi connectivity index (χ1v) is 12.6. The summed E-state index contributed by atoms with van der Waals surface area (Å²) in [6.45, 7) is 7.52. The van der Waals surface area contributed by atoms with Gasteiger partial charge < -0.3 is 9.47 Å². The summed E-state index contributed by atoms with van der Waals surface area (Å²) < 4.78 is 12.7. The van der Waals surface area contributed by atoms with Crippen LogP contribution in [0.25, 0.3) is 15.0 Å². The van der Waals surface area contributed by atoms with Crippen LogP contribution < -0.4 is 4.74 Å². The molecular formula is C31H27O3S+. The fourth-order valence-electron chi connectivity index (χ4n) is 4.00. The van der Waals surface area contributed by atoms with E-state index < -0.39 is 11.6 Å². The maximum absolute atomic E-state index is 12.6. The summed E-state index contributed by atoms with van der Waals surface area (Å²) in [6, 6.07) is 24.5. The van der Waals surface area contributed by atoms with Crippen LogP contribution in [0.2, 0.25) is 0 Å². The molecule has 0 aliphatic rings. The first kappa shape index (κ1) is 24.1.